The van der Waals surface area contributed by atoms with Crippen LogP contribution in [-0.2, 0) is 16.1 Å². The normalized spacial score (nSPS) is 11.2. The van der Waals surface area contributed by atoms with Gasteiger partial charge in [-0.05, 0) is 38.5 Å². The summed E-state index contributed by atoms with van der Waals surface area (Å²) in [5.74, 6) is 1.06. The molecular formula is C20H34IN5O3. The minimum Gasteiger partial charge on any atom is -0.497 e. The number of hydrogen-bond acceptors (Lipinski definition) is 4. The van der Waals surface area contributed by atoms with Gasteiger partial charge in [-0.2, -0.15) is 0 Å². The van der Waals surface area contributed by atoms with Crippen LogP contribution < -0.4 is 15.4 Å². The van der Waals surface area contributed by atoms with Crippen molar-refractivity contribution in [3.05, 3.63) is 29.8 Å². The minimum atomic E-state index is -0.313. The lowest BCUT2D eigenvalue weighted by molar-refractivity contribution is -0.127. The molecule has 0 spiro atoms. The largest absolute Gasteiger partial charge is 0.497 e. The van der Waals surface area contributed by atoms with Gasteiger partial charge in [-0.25, -0.2) is 4.99 Å². The highest BCUT2D eigenvalue weighted by Gasteiger charge is 2.17. The molecule has 0 saturated heterocycles. The minimum absolute atomic E-state index is 0. The van der Waals surface area contributed by atoms with Crippen molar-refractivity contribution in [2.24, 2.45) is 4.99 Å². The fourth-order valence-corrected chi connectivity index (χ4v) is 2.27. The predicted octanol–water partition coefficient (Wildman–Crippen LogP) is 1.69. The number of benzene rings is 1. The van der Waals surface area contributed by atoms with Crippen LogP contribution in [0.3, 0.4) is 0 Å². The number of nitrogens with one attached hydrogen (secondary N) is 2. The Morgan fingerprint density at radius 3 is 2.17 bits per heavy atom. The van der Waals surface area contributed by atoms with E-state index in [0.717, 1.165) is 11.3 Å². The maximum atomic E-state index is 12.2. The fourth-order valence-electron chi connectivity index (χ4n) is 2.27. The first-order valence-electron chi connectivity index (χ1n) is 9.15. The first-order chi connectivity index (χ1) is 13.0. The number of guanidine groups is 1. The molecule has 29 heavy (non-hydrogen) atoms. The third-order valence-corrected chi connectivity index (χ3v) is 3.72. The molecule has 0 fully saturated rings. The molecule has 0 saturated carbocycles. The first kappa shape index (κ1) is 27.0. The molecule has 1 rings (SSSR count). The summed E-state index contributed by atoms with van der Waals surface area (Å²) in [6.07, 6.45) is 0. The highest BCUT2D eigenvalue weighted by molar-refractivity contribution is 14.0. The van der Waals surface area contributed by atoms with E-state index in [4.69, 9.17) is 4.74 Å². The zero-order valence-corrected chi connectivity index (χ0v) is 20.7. The van der Waals surface area contributed by atoms with Crippen molar-refractivity contribution >= 4 is 41.8 Å². The number of rotatable bonds is 7. The number of amides is 2. The molecule has 0 heterocycles. The van der Waals surface area contributed by atoms with Crippen molar-refractivity contribution in [1.82, 2.24) is 20.4 Å². The number of ether oxygens (including phenoxy) is 1. The molecule has 0 atom stereocenters. The van der Waals surface area contributed by atoms with Crippen LogP contribution in [0.25, 0.3) is 0 Å². The number of carbonyl (C=O) groups is 2. The molecule has 0 aromatic heterocycles. The summed E-state index contributed by atoms with van der Waals surface area (Å²) < 4.78 is 5.16. The number of likely N-dealkylation sites (N-methyl/N-ethyl adjacent to an activating group) is 2. The van der Waals surface area contributed by atoms with Crippen LogP contribution in [0.5, 0.6) is 5.75 Å². The Kier molecular flexibility index (Phi) is 11.6. The molecule has 164 valence electrons. The summed E-state index contributed by atoms with van der Waals surface area (Å²) in [5.41, 5.74) is 0.679. The molecule has 9 heteroatoms. The number of aliphatic imine (C=N–C) groups is 1. The van der Waals surface area contributed by atoms with E-state index < -0.39 is 0 Å². The van der Waals surface area contributed by atoms with Gasteiger partial charge < -0.3 is 25.2 Å². The number of nitrogens with zero attached hydrogens (tertiary/aromatic N) is 3. The highest BCUT2D eigenvalue weighted by atomic mass is 127. The smallest absolute Gasteiger partial charge is 0.241 e. The maximum Gasteiger partial charge on any atom is 0.241 e. The third-order valence-electron chi connectivity index (χ3n) is 3.72. The molecule has 2 amide bonds. The number of hydrogen-bond donors (Lipinski definition) is 2. The summed E-state index contributed by atoms with van der Waals surface area (Å²) in [7, 11) is 6.77. The van der Waals surface area contributed by atoms with E-state index in [0.29, 0.717) is 12.5 Å². The summed E-state index contributed by atoms with van der Waals surface area (Å²) in [4.78, 5) is 31.9. The summed E-state index contributed by atoms with van der Waals surface area (Å²) >= 11 is 0. The van der Waals surface area contributed by atoms with E-state index in [2.05, 4.69) is 15.6 Å². The Balaban J connectivity index is 0.00000784. The van der Waals surface area contributed by atoms with Crippen LogP contribution >= 0.6 is 24.0 Å². The molecule has 0 bridgehead atoms. The first-order valence-corrected chi connectivity index (χ1v) is 9.15. The molecule has 2 N–H and O–H groups in total. The van der Waals surface area contributed by atoms with Crippen molar-refractivity contribution in [1.29, 1.82) is 0 Å². The Bertz CT molecular complexity index is 684. The van der Waals surface area contributed by atoms with Gasteiger partial charge in [0.2, 0.25) is 11.8 Å². The number of carbonyl (C=O) groups excluding carboxylic acids is 2. The molecule has 0 unspecified atom stereocenters. The van der Waals surface area contributed by atoms with Crippen LogP contribution in [0.2, 0.25) is 0 Å². The molecular weight excluding hydrogens is 485 g/mol. The van der Waals surface area contributed by atoms with Gasteiger partial charge in [0.05, 0.1) is 26.7 Å². The topological polar surface area (TPSA) is 86.3 Å². The van der Waals surface area contributed by atoms with Crippen LogP contribution in [0.1, 0.15) is 26.3 Å². The highest BCUT2D eigenvalue weighted by Crippen LogP contribution is 2.12. The van der Waals surface area contributed by atoms with Crippen LogP contribution in [0.15, 0.2) is 29.3 Å². The standard InChI is InChI=1S/C20H33N5O3.HI/c1-20(2,3)23-17(26)14-25(6)19(22-13-18(27)24(4)5)21-12-15-8-10-16(28-7)11-9-15;/h8-11H,12-14H2,1-7H3,(H,21,22)(H,23,26);1H. The Morgan fingerprint density at radius 2 is 1.69 bits per heavy atom. The van der Waals surface area contributed by atoms with E-state index in [1.165, 1.54) is 4.90 Å². The molecule has 8 nitrogen and oxygen atoms in total. The second kappa shape index (κ2) is 12.5. The molecule has 0 radical (unpaired) electrons. The quantitative estimate of drug-likeness (QED) is 0.326. The van der Waals surface area contributed by atoms with E-state index in [-0.39, 0.29) is 54.4 Å². The van der Waals surface area contributed by atoms with Crippen molar-refractivity contribution in [3.63, 3.8) is 0 Å². The monoisotopic (exact) mass is 519 g/mol. The van der Waals surface area contributed by atoms with Gasteiger partial charge in [-0.3, -0.25) is 9.59 Å². The zero-order chi connectivity index (χ0) is 21.3. The summed E-state index contributed by atoms with van der Waals surface area (Å²) in [5, 5.41) is 5.96. The van der Waals surface area contributed by atoms with E-state index in [9.17, 15) is 9.59 Å². The van der Waals surface area contributed by atoms with E-state index in [1.807, 2.05) is 45.0 Å². The van der Waals surface area contributed by atoms with Gasteiger partial charge >= 0.3 is 0 Å². The van der Waals surface area contributed by atoms with Gasteiger partial charge in [0.15, 0.2) is 5.96 Å². The second-order valence-corrected chi connectivity index (χ2v) is 7.78. The number of halogens is 1. The van der Waals surface area contributed by atoms with Gasteiger partial charge in [0.25, 0.3) is 0 Å². The van der Waals surface area contributed by atoms with Crippen molar-refractivity contribution in [2.45, 2.75) is 32.9 Å². The number of methoxy groups -OCH3 is 1. The lowest BCUT2D eigenvalue weighted by Gasteiger charge is -2.26. The Morgan fingerprint density at radius 1 is 1.10 bits per heavy atom. The Labute approximate surface area is 191 Å². The molecule has 0 aliphatic carbocycles. The maximum absolute atomic E-state index is 12.2. The van der Waals surface area contributed by atoms with E-state index in [1.54, 1.807) is 33.2 Å². The van der Waals surface area contributed by atoms with Crippen molar-refractivity contribution in [3.8, 4) is 5.75 Å². The second-order valence-electron chi connectivity index (χ2n) is 7.78. The van der Waals surface area contributed by atoms with Crippen LogP contribution in [0, 0.1) is 0 Å². The lowest BCUT2D eigenvalue weighted by atomic mass is 10.1. The molecule has 1 aromatic rings. The molecule has 1 aromatic carbocycles. The summed E-state index contributed by atoms with van der Waals surface area (Å²) in [6.45, 7) is 6.42. The SMILES string of the molecule is COc1ccc(CN=C(NCC(=O)N(C)C)N(C)CC(=O)NC(C)(C)C)cc1.I. The van der Waals surface area contributed by atoms with Crippen LogP contribution in [-0.4, -0.2) is 74.5 Å². The zero-order valence-electron chi connectivity index (χ0n) is 18.4. The average Bonchev–Trinajstić information content (AvgIpc) is 2.59. The van der Waals surface area contributed by atoms with Gasteiger partial charge in [0, 0.05) is 26.7 Å². The molecule has 0 aliphatic rings. The third kappa shape index (κ3) is 10.9. The predicted molar refractivity (Wildman–Crippen MR) is 127 cm³/mol. The molecule has 0 aliphatic heterocycles. The van der Waals surface area contributed by atoms with Gasteiger partial charge in [0.1, 0.15) is 5.75 Å². The average molecular weight is 519 g/mol. The van der Waals surface area contributed by atoms with Crippen molar-refractivity contribution < 1.29 is 14.3 Å². The lowest BCUT2D eigenvalue weighted by Crippen LogP contribution is -2.50. The summed E-state index contributed by atoms with van der Waals surface area (Å²) in [6, 6.07) is 7.59. The van der Waals surface area contributed by atoms with E-state index >= 15 is 0 Å². The Hall–Kier alpha value is -2.04. The fraction of sp³-hybridized carbons (Fsp3) is 0.550. The van der Waals surface area contributed by atoms with Gasteiger partial charge in [-0.1, -0.05) is 12.1 Å². The van der Waals surface area contributed by atoms with Crippen LogP contribution in [0.4, 0.5) is 0 Å². The van der Waals surface area contributed by atoms with Crippen molar-refractivity contribution in [2.75, 3.05) is 41.3 Å². The van der Waals surface area contributed by atoms with Gasteiger partial charge in [-0.15, -0.1) is 24.0 Å².